The molecule has 0 saturated heterocycles. The standard InChI is InChI=1S/C76H100N6O2S4/c1-9-15-21-27-29-35-45-81-71(61-38-37-52(8)85-61)65-66(74(81)84)72(82(73(65)83)46-36-30-28-22-16-10-2)62-40-39-60(86-62)55-50-59-64(70-68(55)78-88-80-70)54-49-56-53(48-57(54)76(59,43-33-25-19-13-5)44-34-26-20-14-6)63-58(47-51(7)67-69(63)79-87-77-67)75(56,41-31-23-17-11-3)42-32-24-18-12-4/h37-40,47-50H,9-36,41-46H2,1-8H3. The summed E-state index contributed by atoms with van der Waals surface area (Å²) < 4.78 is 21.0. The Morgan fingerprint density at radius 1 is 0.375 bits per heavy atom. The van der Waals surface area contributed by atoms with E-state index in [4.69, 9.17) is 17.5 Å². The zero-order valence-electron chi connectivity index (χ0n) is 54.8. The SMILES string of the molecule is CCCCCCCCN1C(=O)C2=C(c3ccc(-c4cc5c(c6nsnc46)-c4cc6c(cc4C5(CCCCCC)CCCCCC)-c4c(cc(C)c5nsnc45)C6(CCCCCC)CCCCCC)s3)N(CCCCCCCC)C(=O)C2=C1c1ccc(C)s1. The molecule has 0 unspecified atom stereocenters. The number of hydrogen-bond acceptors (Lipinski definition) is 10. The van der Waals surface area contributed by atoms with Gasteiger partial charge in [-0.3, -0.25) is 9.59 Å². The second kappa shape index (κ2) is 29.6. The van der Waals surface area contributed by atoms with E-state index in [9.17, 15) is 0 Å². The summed E-state index contributed by atoms with van der Waals surface area (Å²) in [5, 5.41) is 0. The van der Waals surface area contributed by atoms with Gasteiger partial charge in [0.25, 0.3) is 11.8 Å². The summed E-state index contributed by atoms with van der Waals surface area (Å²) in [6.07, 6.45) is 37.4. The molecule has 7 aromatic rings. The molecule has 0 bridgehead atoms. The van der Waals surface area contributed by atoms with Crippen LogP contribution in [0.3, 0.4) is 0 Å². The molecule has 0 N–H and O–H groups in total. The van der Waals surface area contributed by atoms with E-state index >= 15 is 9.59 Å². The zero-order valence-corrected chi connectivity index (χ0v) is 58.1. The smallest absolute Gasteiger partial charge is 0.261 e. The van der Waals surface area contributed by atoms with Gasteiger partial charge in [0.1, 0.15) is 22.1 Å². The van der Waals surface area contributed by atoms with Crippen LogP contribution in [0.1, 0.15) is 289 Å². The number of unbranched alkanes of at least 4 members (excludes halogenated alkanes) is 22. The van der Waals surface area contributed by atoms with Crippen molar-refractivity contribution >= 4 is 91.4 Å². The predicted octanol–water partition coefficient (Wildman–Crippen LogP) is 23.0. The summed E-state index contributed by atoms with van der Waals surface area (Å²) in [6.45, 7) is 19.5. The number of aryl methyl sites for hydroxylation is 2. The van der Waals surface area contributed by atoms with Crippen LogP contribution in [0.5, 0.6) is 0 Å². The van der Waals surface area contributed by atoms with Crippen LogP contribution in [0.25, 0.3) is 66.2 Å². The van der Waals surface area contributed by atoms with Crippen molar-refractivity contribution in [2.24, 2.45) is 0 Å². The van der Waals surface area contributed by atoms with Gasteiger partial charge in [0.2, 0.25) is 0 Å². The van der Waals surface area contributed by atoms with Gasteiger partial charge >= 0.3 is 0 Å². The molecule has 12 heteroatoms. The minimum absolute atomic E-state index is 0.0203. The number of thiophene rings is 2. The predicted molar refractivity (Wildman–Crippen MR) is 377 cm³/mol. The molecule has 0 saturated carbocycles. The summed E-state index contributed by atoms with van der Waals surface area (Å²) in [6, 6.07) is 19.3. The molecule has 2 aliphatic heterocycles. The molecule has 2 aliphatic carbocycles. The maximum absolute atomic E-state index is 15.5. The molecule has 0 spiro atoms. The largest absolute Gasteiger partial charge is 0.306 e. The fourth-order valence-electron chi connectivity index (χ4n) is 16.0. The molecular weight excluding hydrogens is 1160 g/mol. The molecular formula is C76H100N6O2S4. The van der Waals surface area contributed by atoms with Gasteiger partial charge in [0.15, 0.2) is 0 Å². The van der Waals surface area contributed by atoms with Crippen LogP contribution < -0.4 is 0 Å². The molecule has 470 valence electrons. The topological polar surface area (TPSA) is 92.2 Å². The molecule has 6 heterocycles. The quantitative estimate of drug-likeness (QED) is 0.0360. The average molecular weight is 1260 g/mol. The zero-order chi connectivity index (χ0) is 61.4. The van der Waals surface area contributed by atoms with Crippen molar-refractivity contribution in [2.45, 2.75) is 272 Å². The monoisotopic (exact) mass is 1260 g/mol. The van der Waals surface area contributed by atoms with Gasteiger partial charge in [-0.1, -0.05) is 215 Å². The Balaban J connectivity index is 1.09. The van der Waals surface area contributed by atoms with Crippen LogP contribution in [-0.2, 0) is 20.4 Å². The first-order valence-corrected chi connectivity index (χ1v) is 38.3. The molecule has 88 heavy (non-hydrogen) atoms. The lowest BCUT2D eigenvalue weighted by atomic mass is 9.68. The third kappa shape index (κ3) is 12.4. The van der Waals surface area contributed by atoms with Gasteiger partial charge in [-0.15, -0.1) is 22.7 Å². The number of hydrogen-bond donors (Lipinski definition) is 0. The molecule has 0 radical (unpaired) electrons. The van der Waals surface area contributed by atoms with Crippen molar-refractivity contribution in [1.29, 1.82) is 0 Å². The Labute approximate surface area is 544 Å². The lowest BCUT2D eigenvalue weighted by Gasteiger charge is -2.35. The summed E-state index contributed by atoms with van der Waals surface area (Å²) in [5.41, 5.74) is 20.3. The van der Waals surface area contributed by atoms with Crippen LogP contribution >= 0.6 is 46.1 Å². The highest BCUT2D eigenvalue weighted by atomic mass is 32.1. The first kappa shape index (κ1) is 64.6. The minimum atomic E-state index is -0.242. The van der Waals surface area contributed by atoms with E-state index in [0.29, 0.717) is 24.2 Å². The van der Waals surface area contributed by atoms with Gasteiger partial charge in [0, 0.05) is 50.4 Å². The first-order chi connectivity index (χ1) is 43.1. The average Bonchev–Trinajstić information content (AvgIpc) is 1.83. The van der Waals surface area contributed by atoms with Crippen LogP contribution in [0.15, 0.2) is 59.7 Å². The van der Waals surface area contributed by atoms with Crippen molar-refractivity contribution in [1.82, 2.24) is 27.3 Å². The molecule has 4 aromatic heterocycles. The second-order valence-electron chi connectivity index (χ2n) is 26.7. The molecule has 11 rings (SSSR count). The Morgan fingerprint density at radius 3 is 1.19 bits per heavy atom. The Bertz CT molecular complexity index is 3620. The molecule has 8 nitrogen and oxygen atoms in total. The van der Waals surface area contributed by atoms with E-state index in [1.165, 1.54) is 207 Å². The van der Waals surface area contributed by atoms with E-state index < -0.39 is 0 Å². The molecule has 0 atom stereocenters. The highest BCUT2D eigenvalue weighted by Crippen LogP contribution is 2.64. The lowest BCUT2D eigenvalue weighted by Crippen LogP contribution is -2.30. The third-order valence-electron chi connectivity index (χ3n) is 20.6. The fourth-order valence-corrected chi connectivity index (χ4v) is 19.2. The van der Waals surface area contributed by atoms with E-state index in [2.05, 4.69) is 104 Å². The maximum atomic E-state index is 15.5. The van der Waals surface area contributed by atoms with Gasteiger partial charge in [0.05, 0.1) is 55.8 Å². The summed E-state index contributed by atoms with van der Waals surface area (Å²) in [7, 11) is 0. The van der Waals surface area contributed by atoms with Crippen molar-refractivity contribution in [3.8, 4) is 32.7 Å². The van der Waals surface area contributed by atoms with Crippen molar-refractivity contribution < 1.29 is 9.59 Å². The van der Waals surface area contributed by atoms with Crippen LogP contribution in [0.2, 0.25) is 0 Å². The second-order valence-corrected chi connectivity index (χ2v) is 30.1. The van der Waals surface area contributed by atoms with Gasteiger partial charge < -0.3 is 9.80 Å². The summed E-state index contributed by atoms with van der Waals surface area (Å²) in [4.78, 5) is 39.2. The first-order valence-electron chi connectivity index (χ1n) is 35.2. The van der Waals surface area contributed by atoms with Crippen molar-refractivity contribution in [2.75, 3.05) is 13.1 Å². The Morgan fingerprint density at radius 2 is 0.739 bits per heavy atom. The number of amides is 2. The van der Waals surface area contributed by atoms with E-state index in [0.717, 1.165) is 131 Å². The maximum Gasteiger partial charge on any atom is 0.261 e. The number of nitrogens with zero attached hydrogens (tertiary/aromatic N) is 6. The molecule has 4 aliphatic rings. The molecule has 0 fully saturated rings. The highest BCUT2D eigenvalue weighted by Gasteiger charge is 2.52. The van der Waals surface area contributed by atoms with E-state index in [-0.39, 0.29) is 22.6 Å². The number of carbonyl (C=O) groups is 2. The number of benzene rings is 3. The lowest BCUT2D eigenvalue weighted by molar-refractivity contribution is -0.124. The number of carbonyl (C=O) groups excluding carboxylic acids is 2. The van der Waals surface area contributed by atoms with Crippen molar-refractivity contribution in [3.05, 3.63) is 102 Å². The molecule has 3 aromatic carbocycles. The summed E-state index contributed by atoms with van der Waals surface area (Å²) in [5.74, 6) is -0.0407. The number of fused-ring (bicyclic) bond motifs is 11. The summed E-state index contributed by atoms with van der Waals surface area (Å²) >= 11 is 6.15. The van der Waals surface area contributed by atoms with Crippen LogP contribution in [-0.4, -0.2) is 52.2 Å². The molecule has 2 amide bonds. The normalized spacial score (nSPS) is 15.5. The van der Waals surface area contributed by atoms with Gasteiger partial charge in [-0.05, 0) is 134 Å². The fraction of sp³-hybridized carbons (Fsp3) is 0.579. The Hall–Kier alpha value is -4.88. The van der Waals surface area contributed by atoms with Gasteiger partial charge in [-0.25, -0.2) is 0 Å². The van der Waals surface area contributed by atoms with Crippen molar-refractivity contribution in [3.63, 3.8) is 0 Å². The highest BCUT2D eigenvalue weighted by molar-refractivity contribution is 7.16. The van der Waals surface area contributed by atoms with E-state index in [1.807, 2.05) is 9.80 Å². The minimum Gasteiger partial charge on any atom is -0.306 e. The Kier molecular flexibility index (Phi) is 21.7. The number of aromatic nitrogens is 4. The van der Waals surface area contributed by atoms with Gasteiger partial charge in [-0.2, -0.15) is 17.5 Å². The third-order valence-corrected chi connectivity index (χ3v) is 23.8. The van der Waals surface area contributed by atoms with Crippen LogP contribution in [0.4, 0.5) is 0 Å². The van der Waals surface area contributed by atoms with E-state index in [1.54, 1.807) is 22.7 Å². The number of rotatable bonds is 37. The van der Waals surface area contributed by atoms with Crippen LogP contribution in [0, 0.1) is 13.8 Å².